The molecule has 23 heavy (non-hydrogen) atoms. The van der Waals surface area contributed by atoms with Crippen LogP contribution >= 0.6 is 0 Å². The predicted molar refractivity (Wildman–Crippen MR) is 83.3 cm³/mol. The van der Waals surface area contributed by atoms with Crippen molar-refractivity contribution in [3.05, 3.63) is 53.9 Å². The Labute approximate surface area is 132 Å². The third kappa shape index (κ3) is 4.09. The van der Waals surface area contributed by atoms with Crippen molar-refractivity contribution in [3.8, 4) is 11.4 Å². The van der Waals surface area contributed by atoms with Gasteiger partial charge in [-0.3, -0.25) is 0 Å². The third-order valence-electron chi connectivity index (χ3n) is 3.20. The zero-order valence-corrected chi connectivity index (χ0v) is 12.7. The molecule has 0 aliphatic rings. The molecule has 118 valence electrons. The molecule has 0 spiro atoms. The highest BCUT2D eigenvalue weighted by Crippen LogP contribution is 2.16. The fourth-order valence-electron chi connectivity index (χ4n) is 2.00. The Bertz CT molecular complexity index is 755. The third-order valence-corrected chi connectivity index (χ3v) is 3.20. The second-order valence-electron chi connectivity index (χ2n) is 5.13. The van der Waals surface area contributed by atoms with Crippen LogP contribution in [-0.4, -0.2) is 26.7 Å². The number of halogens is 1. The standard InChI is InChI=1S/C16H16FN5O/c1-11-9-19-16(20-10-11)18-8-2-3-14-21-15(22-23-14)12-4-6-13(17)7-5-12/h4-7,9-10H,2-3,8H2,1H3,(H,18,19,20). The van der Waals surface area contributed by atoms with E-state index >= 15 is 0 Å². The molecule has 0 aliphatic heterocycles. The maximum atomic E-state index is 12.9. The molecular formula is C16H16FN5O. The molecule has 2 heterocycles. The van der Waals surface area contributed by atoms with Crippen molar-refractivity contribution in [2.75, 3.05) is 11.9 Å². The van der Waals surface area contributed by atoms with Gasteiger partial charge in [-0.1, -0.05) is 5.16 Å². The van der Waals surface area contributed by atoms with E-state index in [4.69, 9.17) is 4.52 Å². The fraction of sp³-hybridized carbons (Fsp3) is 0.250. The van der Waals surface area contributed by atoms with Crippen LogP contribution in [0.5, 0.6) is 0 Å². The first-order chi connectivity index (χ1) is 11.2. The molecule has 0 bridgehead atoms. The molecular weight excluding hydrogens is 297 g/mol. The van der Waals surface area contributed by atoms with E-state index in [9.17, 15) is 4.39 Å². The fourth-order valence-corrected chi connectivity index (χ4v) is 2.00. The normalized spacial score (nSPS) is 10.7. The van der Waals surface area contributed by atoms with Crippen LogP contribution in [-0.2, 0) is 6.42 Å². The monoisotopic (exact) mass is 313 g/mol. The highest BCUT2D eigenvalue weighted by Gasteiger charge is 2.08. The first kappa shape index (κ1) is 15.1. The van der Waals surface area contributed by atoms with Gasteiger partial charge in [0, 0.05) is 30.9 Å². The number of hydrogen-bond donors (Lipinski definition) is 1. The second-order valence-corrected chi connectivity index (χ2v) is 5.13. The van der Waals surface area contributed by atoms with Gasteiger partial charge in [-0.2, -0.15) is 4.98 Å². The lowest BCUT2D eigenvalue weighted by Gasteiger charge is -2.02. The summed E-state index contributed by atoms with van der Waals surface area (Å²) in [6, 6.07) is 5.99. The molecule has 3 rings (SSSR count). The number of rotatable bonds is 6. The lowest BCUT2D eigenvalue weighted by molar-refractivity contribution is 0.377. The lowest BCUT2D eigenvalue weighted by Crippen LogP contribution is -2.06. The van der Waals surface area contributed by atoms with Crippen LogP contribution in [0.1, 0.15) is 17.9 Å². The summed E-state index contributed by atoms with van der Waals surface area (Å²) < 4.78 is 18.1. The number of aryl methyl sites for hydroxylation is 2. The van der Waals surface area contributed by atoms with Crippen LogP contribution in [0.15, 0.2) is 41.2 Å². The van der Waals surface area contributed by atoms with Gasteiger partial charge in [-0.25, -0.2) is 14.4 Å². The van der Waals surface area contributed by atoms with Crippen molar-refractivity contribution in [3.63, 3.8) is 0 Å². The van der Waals surface area contributed by atoms with E-state index in [1.807, 2.05) is 6.92 Å². The van der Waals surface area contributed by atoms with Gasteiger partial charge in [0.15, 0.2) is 0 Å². The summed E-state index contributed by atoms with van der Waals surface area (Å²) in [4.78, 5) is 12.6. The Morgan fingerprint density at radius 3 is 2.61 bits per heavy atom. The molecule has 0 radical (unpaired) electrons. The van der Waals surface area contributed by atoms with Crippen LogP contribution in [0.3, 0.4) is 0 Å². The molecule has 3 aromatic rings. The van der Waals surface area contributed by atoms with Crippen LogP contribution in [0.25, 0.3) is 11.4 Å². The summed E-state index contributed by atoms with van der Waals surface area (Å²) in [6.07, 6.45) is 4.99. The van der Waals surface area contributed by atoms with Crippen molar-refractivity contribution >= 4 is 5.95 Å². The van der Waals surface area contributed by atoms with Gasteiger partial charge in [-0.15, -0.1) is 0 Å². The Kier molecular flexibility index (Phi) is 4.56. The molecule has 0 fully saturated rings. The zero-order valence-electron chi connectivity index (χ0n) is 12.7. The van der Waals surface area contributed by atoms with E-state index in [1.165, 1.54) is 12.1 Å². The molecule has 0 amide bonds. The molecule has 0 saturated heterocycles. The largest absolute Gasteiger partial charge is 0.354 e. The average Bonchev–Trinajstić information content (AvgIpc) is 3.03. The maximum absolute atomic E-state index is 12.9. The van der Waals surface area contributed by atoms with Crippen molar-refractivity contribution in [1.29, 1.82) is 0 Å². The molecule has 0 saturated carbocycles. The second kappa shape index (κ2) is 6.95. The highest BCUT2D eigenvalue weighted by atomic mass is 19.1. The minimum absolute atomic E-state index is 0.290. The number of aromatic nitrogens is 4. The lowest BCUT2D eigenvalue weighted by atomic mass is 10.2. The van der Waals surface area contributed by atoms with Crippen molar-refractivity contribution in [2.45, 2.75) is 19.8 Å². The summed E-state index contributed by atoms with van der Waals surface area (Å²) in [5.41, 5.74) is 1.75. The Morgan fingerprint density at radius 2 is 1.87 bits per heavy atom. The summed E-state index contributed by atoms with van der Waals surface area (Å²) in [5.74, 6) is 1.33. The van der Waals surface area contributed by atoms with E-state index in [2.05, 4.69) is 25.4 Å². The van der Waals surface area contributed by atoms with Gasteiger partial charge < -0.3 is 9.84 Å². The topological polar surface area (TPSA) is 76.7 Å². The summed E-state index contributed by atoms with van der Waals surface area (Å²) in [5, 5.41) is 7.04. The van der Waals surface area contributed by atoms with Crippen LogP contribution < -0.4 is 5.32 Å². The van der Waals surface area contributed by atoms with E-state index in [-0.39, 0.29) is 5.82 Å². The first-order valence-corrected chi connectivity index (χ1v) is 7.32. The van der Waals surface area contributed by atoms with Gasteiger partial charge in [-0.05, 0) is 43.2 Å². The highest BCUT2D eigenvalue weighted by molar-refractivity contribution is 5.53. The smallest absolute Gasteiger partial charge is 0.227 e. The molecule has 1 N–H and O–H groups in total. The quantitative estimate of drug-likeness (QED) is 0.705. The minimum Gasteiger partial charge on any atom is -0.354 e. The maximum Gasteiger partial charge on any atom is 0.227 e. The van der Waals surface area contributed by atoms with Gasteiger partial charge >= 0.3 is 0 Å². The average molecular weight is 313 g/mol. The SMILES string of the molecule is Cc1cnc(NCCCc2nc(-c3ccc(F)cc3)no2)nc1. The summed E-state index contributed by atoms with van der Waals surface area (Å²) in [7, 11) is 0. The Balaban J connectivity index is 1.49. The van der Waals surface area contributed by atoms with Crippen LogP contribution in [0.2, 0.25) is 0 Å². The van der Waals surface area contributed by atoms with Gasteiger partial charge in [0.25, 0.3) is 0 Å². The van der Waals surface area contributed by atoms with Crippen molar-refractivity contribution in [1.82, 2.24) is 20.1 Å². The molecule has 0 atom stereocenters. The van der Waals surface area contributed by atoms with Crippen molar-refractivity contribution in [2.24, 2.45) is 0 Å². The molecule has 7 heteroatoms. The molecule has 0 aliphatic carbocycles. The Hall–Kier alpha value is -2.83. The van der Waals surface area contributed by atoms with E-state index in [0.717, 1.165) is 17.5 Å². The molecule has 1 aromatic carbocycles. The molecule has 2 aromatic heterocycles. The van der Waals surface area contributed by atoms with Crippen LogP contribution in [0.4, 0.5) is 10.3 Å². The van der Waals surface area contributed by atoms with Gasteiger partial charge in [0.2, 0.25) is 17.7 Å². The number of nitrogens with one attached hydrogen (secondary N) is 1. The van der Waals surface area contributed by atoms with Gasteiger partial charge in [0.1, 0.15) is 5.82 Å². The van der Waals surface area contributed by atoms with E-state index in [0.29, 0.717) is 30.6 Å². The zero-order chi connectivity index (χ0) is 16.1. The Morgan fingerprint density at radius 1 is 1.13 bits per heavy atom. The molecule has 0 unspecified atom stereocenters. The van der Waals surface area contributed by atoms with Crippen LogP contribution in [0, 0.1) is 12.7 Å². The number of nitrogens with zero attached hydrogens (tertiary/aromatic N) is 4. The van der Waals surface area contributed by atoms with Crippen molar-refractivity contribution < 1.29 is 8.91 Å². The summed E-state index contributed by atoms with van der Waals surface area (Å²) >= 11 is 0. The summed E-state index contributed by atoms with van der Waals surface area (Å²) in [6.45, 7) is 2.65. The number of anilines is 1. The first-order valence-electron chi connectivity index (χ1n) is 7.32. The minimum atomic E-state index is -0.290. The number of benzene rings is 1. The van der Waals surface area contributed by atoms with E-state index in [1.54, 1.807) is 24.5 Å². The van der Waals surface area contributed by atoms with E-state index < -0.39 is 0 Å². The predicted octanol–water partition coefficient (Wildman–Crippen LogP) is 3.02. The number of hydrogen-bond acceptors (Lipinski definition) is 6. The molecule has 6 nitrogen and oxygen atoms in total. The van der Waals surface area contributed by atoms with Gasteiger partial charge in [0.05, 0.1) is 0 Å².